The molecule has 3 N–H and O–H groups in total. The van der Waals surface area contributed by atoms with Gasteiger partial charge in [-0.2, -0.15) is 0 Å². The van der Waals surface area contributed by atoms with Crippen LogP contribution >= 0.6 is 0 Å². The smallest absolute Gasteiger partial charge is 0.241 e. The molecule has 0 aliphatic carbocycles. The zero-order valence-corrected chi connectivity index (χ0v) is 11.7. The van der Waals surface area contributed by atoms with Gasteiger partial charge in [0, 0.05) is 12.7 Å². The molecule has 0 aromatic heterocycles. The standard InChI is InChI=1S/C15H21N3O2/c1-16-14(19)10-11-5-7-12(8-6-11)18-15(20)13-4-2-3-9-17-13/h5-8,13,17H,2-4,9-10H2,1H3,(H,16,19)(H,18,20)/t13-/m0/s1. The number of hydrogen-bond acceptors (Lipinski definition) is 3. The molecule has 2 amide bonds. The minimum Gasteiger partial charge on any atom is -0.359 e. The Morgan fingerprint density at radius 1 is 1.25 bits per heavy atom. The highest BCUT2D eigenvalue weighted by molar-refractivity contribution is 5.94. The predicted octanol–water partition coefficient (Wildman–Crippen LogP) is 1.06. The molecule has 1 saturated heterocycles. The maximum absolute atomic E-state index is 12.0. The number of piperidine rings is 1. The number of nitrogens with one attached hydrogen (secondary N) is 3. The zero-order valence-electron chi connectivity index (χ0n) is 11.7. The molecule has 0 bridgehead atoms. The Labute approximate surface area is 119 Å². The van der Waals surface area contributed by atoms with Gasteiger partial charge in [0.25, 0.3) is 0 Å². The molecule has 1 heterocycles. The van der Waals surface area contributed by atoms with Gasteiger partial charge in [0.05, 0.1) is 12.5 Å². The third-order valence-corrected chi connectivity index (χ3v) is 3.49. The van der Waals surface area contributed by atoms with Crippen molar-refractivity contribution in [2.24, 2.45) is 0 Å². The summed E-state index contributed by atoms with van der Waals surface area (Å²) in [5.74, 6) is -0.00283. The van der Waals surface area contributed by atoms with Gasteiger partial charge in [-0.05, 0) is 37.1 Å². The van der Waals surface area contributed by atoms with Crippen molar-refractivity contribution < 1.29 is 9.59 Å². The lowest BCUT2D eigenvalue weighted by Crippen LogP contribution is -2.43. The number of likely N-dealkylation sites (N-methyl/N-ethyl adjacent to an activating group) is 1. The van der Waals surface area contributed by atoms with Crippen LogP contribution in [0.25, 0.3) is 0 Å². The van der Waals surface area contributed by atoms with Crippen LogP contribution in [0.2, 0.25) is 0 Å². The van der Waals surface area contributed by atoms with E-state index in [1.165, 1.54) is 0 Å². The lowest BCUT2D eigenvalue weighted by atomic mass is 10.0. The first-order valence-electron chi connectivity index (χ1n) is 7.03. The van der Waals surface area contributed by atoms with Crippen molar-refractivity contribution in [3.8, 4) is 0 Å². The quantitative estimate of drug-likeness (QED) is 0.769. The van der Waals surface area contributed by atoms with Crippen molar-refractivity contribution in [1.82, 2.24) is 10.6 Å². The average Bonchev–Trinajstić information content (AvgIpc) is 2.50. The first kappa shape index (κ1) is 14.5. The fraction of sp³-hybridized carbons (Fsp3) is 0.467. The van der Waals surface area contributed by atoms with Gasteiger partial charge in [-0.3, -0.25) is 9.59 Å². The Hall–Kier alpha value is -1.88. The summed E-state index contributed by atoms with van der Waals surface area (Å²) in [6, 6.07) is 7.30. The summed E-state index contributed by atoms with van der Waals surface area (Å²) < 4.78 is 0. The van der Waals surface area contributed by atoms with Crippen LogP contribution in [0.1, 0.15) is 24.8 Å². The van der Waals surface area contributed by atoms with Crippen LogP contribution in [-0.4, -0.2) is 31.4 Å². The van der Waals surface area contributed by atoms with Gasteiger partial charge < -0.3 is 16.0 Å². The van der Waals surface area contributed by atoms with Crippen LogP contribution in [-0.2, 0) is 16.0 Å². The SMILES string of the molecule is CNC(=O)Cc1ccc(NC(=O)[C@@H]2CCCCN2)cc1. The minimum atomic E-state index is -0.0886. The molecule has 1 aromatic carbocycles. The molecule has 2 rings (SSSR count). The second-order valence-electron chi connectivity index (χ2n) is 5.04. The van der Waals surface area contributed by atoms with Crippen molar-refractivity contribution in [3.63, 3.8) is 0 Å². The number of hydrogen-bond donors (Lipinski definition) is 3. The highest BCUT2D eigenvalue weighted by Gasteiger charge is 2.20. The van der Waals surface area contributed by atoms with Crippen molar-refractivity contribution in [1.29, 1.82) is 0 Å². The Bertz CT molecular complexity index is 465. The minimum absolute atomic E-state index is 0.0174. The fourth-order valence-electron chi connectivity index (χ4n) is 2.28. The molecular weight excluding hydrogens is 254 g/mol. The molecular formula is C15H21N3O2. The molecule has 0 saturated carbocycles. The van der Waals surface area contributed by atoms with Crippen LogP contribution in [0.4, 0.5) is 5.69 Å². The van der Waals surface area contributed by atoms with Gasteiger partial charge >= 0.3 is 0 Å². The third-order valence-electron chi connectivity index (χ3n) is 3.49. The summed E-state index contributed by atoms with van der Waals surface area (Å²) in [6.45, 7) is 0.906. The van der Waals surface area contributed by atoms with E-state index in [0.29, 0.717) is 6.42 Å². The second-order valence-corrected chi connectivity index (χ2v) is 5.04. The number of amides is 2. The fourth-order valence-corrected chi connectivity index (χ4v) is 2.28. The van der Waals surface area contributed by atoms with E-state index < -0.39 is 0 Å². The monoisotopic (exact) mass is 275 g/mol. The first-order valence-corrected chi connectivity index (χ1v) is 7.03. The summed E-state index contributed by atoms with van der Waals surface area (Å²) in [5, 5.41) is 8.71. The van der Waals surface area contributed by atoms with Crippen LogP contribution in [0, 0.1) is 0 Å². The summed E-state index contributed by atoms with van der Waals surface area (Å²) in [7, 11) is 1.62. The third kappa shape index (κ3) is 4.06. The largest absolute Gasteiger partial charge is 0.359 e. The number of carbonyl (C=O) groups excluding carboxylic acids is 2. The van der Waals surface area contributed by atoms with Gasteiger partial charge in [-0.25, -0.2) is 0 Å². The van der Waals surface area contributed by atoms with Gasteiger partial charge in [0.1, 0.15) is 0 Å². The normalized spacial score (nSPS) is 18.4. The number of benzene rings is 1. The van der Waals surface area contributed by atoms with E-state index in [4.69, 9.17) is 0 Å². The number of anilines is 1. The molecule has 5 heteroatoms. The van der Waals surface area contributed by atoms with E-state index in [0.717, 1.165) is 37.1 Å². The molecule has 0 radical (unpaired) electrons. The topological polar surface area (TPSA) is 70.2 Å². The Morgan fingerprint density at radius 2 is 2.00 bits per heavy atom. The molecule has 5 nitrogen and oxygen atoms in total. The average molecular weight is 275 g/mol. The van der Waals surface area contributed by atoms with Crippen LogP contribution in [0.3, 0.4) is 0 Å². The molecule has 1 aliphatic rings. The molecule has 20 heavy (non-hydrogen) atoms. The van der Waals surface area contributed by atoms with Gasteiger partial charge in [0.15, 0.2) is 0 Å². The lowest BCUT2D eigenvalue weighted by molar-refractivity contribution is -0.120. The maximum atomic E-state index is 12.0. The highest BCUT2D eigenvalue weighted by Crippen LogP contribution is 2.13. The van der Waals surface area contributed by atoms with E-state index in [1.807, 2.05) is 24.3 Å². The highest BCUT2D eigenvalue weighted by atomic mass is 16.2. The van der Waals surface area contributed by atoms with Gasteiger partial charge in [-0.1, -0.05) is 18.6 Å². The summed E-state index contributed by atoms with van der Waals surface area (Å²) >= 11 is 0. The number of rotatable bonds is 4. The Kier molecular flexibility index (Phi) is 5.12. The summed E-state index contributed by atoms with van der Waals surface area (Å²) in [6.07, 6.45) is 3.48. The van der Waals surface area contributed by atoms with Gasteiger partial charge in [-0.15, -0.1) is 0 Å². The van der Waals surface area contributed by atoms with Crippen molar-refractivity contribution in [2.75, 3.05) is 18.9 Å². The van der Waals surface area contributed by atoms with E-state index in [1.54, 1.807) is 7.05 Å². The maximum Gasteiger partial charge on any atom is 0.241 e. The van der Waals surface area contributed by atoms with E-state index in [9.17, 15) is 9.59 Å². The first-order chi connectivity index (χ1) is 9.69. The molecule has 0 spiro atoms. The molecule has 1 aliphatic heterocycles. The predicted molar refractivity (Wildman–Crippen MR) is 78.5 cm³/mol. The van der Waals surface area contributed by atoms with E-state index >= 15 is 0 Å². The zero-order chi connectivity index (χ0) is 14.4. The van der Waals surface area contributed by atoms with Crippen molar-refractivity contribution in [2.45, 2.75) is 31.7 Å². The van der Waals surface area contributed by atoms with Gasteiger partial charge in [0.2, 0.25) is 11.8 Å². The molecule has 108 valence electrons. The van der Waals surface area contributed by atoms with Crippen LogP contribution in [0.5, 0.6) is 0 Å². The molecule has 1 atom stereocenters. The second kappa shape index (κ2) is 7.05. The summed E-state index contributed by atoms with van der Waals surface area (Å²) in [4.78, 5) is 23.3. The Morgan fingerprint density at radius 3 is 2.60 bits per heavy atom. The van der Waals surface area contributed by atoms with Crippen LogP contribution in [0.15, 0.2) is 24.3 Å². The van der Waals surface area contributed by atoms with Crippen LogP contribution < -0.4 is 16.0 Å². The van der Waals surface area contributed by atoms with Crippen molar-refractivity contribution in [3.05, 3.63) is 29.8 Å². The van der Waals surface area contributed by atoms with E-state index in [2.05, 4.69) is 16.0 Å². The molecule has 1 fully saturated rings. The number of carbonyl (C=O) groups is 2. The van der Waals surface area contributed by atoms with E-state index in [-0.39, 0.29) is 17.9 Å². The molecule has 0 unspecified atom stereocenters. The Balaban J connectivity index is 1.89. The summed E-state index contributed by atoms with van der Waals surface area (Å²) in [5.41, 5.74) is 1.70. The van der Waals surface area contributed by atoms with Crippen molar-refractivity contribution >= 4 is 17.5 Å². The molecule has 1 aromatic rings. The lowest BCUT2D eigenvalue weighted by Gasteiger charge is -2.22.